The summed E-state index contributed by atoms with van der Waals surface area (Å²) >= 11 is 0. The van der Waals surface area contributed by atoms with Crippen LogP contribution in [0, 0.1) is 0 Å². The second-order valence-corrected chi connectivity index (χ2v) is 6.41. The van der Waals surface area contributed by atoms with E-state index < -0.39 is 5.54 Å². The average molecular weight is 262 g/mol. The first-order valence-corrected chi connectivity index (χ1v) is 6.56. The summed E-state index contributed by atoms with van der Waals surface area (Å²) in [5.41, 5.74) is 7.65. The highest BCUT2D eigenvalue weighted by Gasteiger charge is 2.36. The Bertz CT molecular complexity index is 456. The Morgan fingerprint density at radius 3 is 2.32 bits per heavy atom. The molecule has 1 amide bonds. The molecule has 1 saturated heterocycles. The van der Waals surface area contributed by atoms with E-state index in [1.807, 2.05) is 24.3 Å². The van der Waals surface area contributed by atoms with Crippen molar-refractivity contribution in [3.63, 3.8) is 0 Å². The molecular weight excluding hydrogens is 240 g/mol. The van der Waals surface area contributed by atoms with E-state index in [2.05, 4.69) is 26.1 Å². The summed E-state index contributed by atoms with van der Waals surface area (Å²) in [4.78, 5) is 11.9. The highest BCUT2D eigenvalue weighted by Crippen LogP contribution is 2.24. The van der Waals surface area contributed by atoms with Crippen molar-refractivity contribution in [2.75, 3.05) is 18.5 Å². The molecule has 3 N–H and O–H groups in total. The van der Waals surface area contributed by atoms with Crippen molar-refractivity contribution in [2.24, 2.45) is 5.73 Å². The van der Waals surface area contributed by atoms with Gasteiger partial charge in [-0.2, -0.15) is 0 Å². The zero-order valence-electron chi connectivity index (χ0n) is 11.8. The fraction of sp³-hybridized carbons (Fsp3) is 0.533. The number of benzene rings is 1. The van der Waals surface area contributed by atoms with E-state index in [0.717, 1.165) is 5.69 Å². The van der Waals surface area contributed by atoms with Crippen molar-refractivity contribution in [3.8, 4) is 0 Å². The van der Waals surface area contributed by atoms with Gasteiger partial charge in [-0.3, -0.25) is 4.79 Å². The van der Waals surface area contributed by atoms with E-state index in [4.69, 9.17) is 10.5 Å². The van der Waals surface area contributed by atoms with Crippen LogP contribution < -0.4 is 11.1 Å². The number of hydrogen-bond donors (Lipinski definition) is 2. The third-order valence-corrected chi connectivity index (χ3v) is 3.33. The topological polar surface area (TPSA) is 64.4 Å². The lowest BCUT2D eigenvalue weighted by atomic mass is 9.87. The van der Waals surface area contributed by atoms with Gasteiger partial charge in [0, 0.05) is 12.1 Å². The summed E-state index contributed by atoms with van der Waals surface area (Å²) in [5, 5.41) is 2.87. The number of carbonyl (C=O) groups excluding carboxylic acids is 1. The Hall–Kier alpha value is -1.39. The summed E-state index contributed by atoms with van der Waals surface area (Å²) in [5.74, 6) is -0.0608. The quantitative estimate of drug-likeness (QED) is 0.876. The van der Waals surface area contributed by atoms with Crippen LogP contribution in [0.3, 0.4) is 0 Å². The lowest BCUT2D eigenvalue weighted by Gasteiger charge is -2.37. The van der Waals surface area contributed by atoms with Crippen LogP contribution in [0.4, 0.5) is 5.69 Å². The summed E-state index contributed by atoms with van der Waals surface area (Å²) in [6.45, 7) is 7.41. The molecule has 1 aromatic rings. The van der Waals surface area contributed by atoms with Gasteiger partial charge in [0.2, 0.25) is 5.91 Å². The number of nitrogens with one attached hydrogen (secondary N) is 1. The third-order valence-electron chi connectivity index (χ3n) is 3.33. The van der Waals surface area contributed by atoms with Crippen LogP contribution in [0.1, 0.15) is 32.8 Å². The number of amides is 1. The fourth-order valence-corrected chi connectivity index (χ4v) is 2.04. The van der Waals surface area contributed by atoms with Gasteiger partial charge in [0.15, 0.2) is 0 Å². The molecule has 1 aromatic carbocycles. The number of rotatable bonds is 3. The normalized spacial score (nSPS) is 17.7. The van der Waals surface area contributed by atoms with E-state index >= 15 is 0 Å². The zero-order chi connectivity index (χ0) is 14.1. The molecule has 0 bridgehead atoms. The van der Waals surface area contributed by atoms with Gasteiger partial charge in [0.1, 0.15) is 0 Å². The number of nitrogens with two attached hydrogens (primary N) is 1. The lowest BCUT2D eigenvalue weighted by Crippen LogP contribution is -2.58. The number of carbonyl (C=O) groups is 1. The van der Waals surface area contributed by atoms with Crippen LogP contribution >= 0.6 is 0 Å². The summed E-state index contributed by atoms with van der Waals surface area (Å²) < 4.78 is 5.04. The Labute approximate surface area is 114 Å². The third kappa shape index (κ3) is 3.55. The van der Waals surface area contributed by atoms with E-state index in [1.165, 1.54) is 5.56 Å². The standard InChI is InChI=1S/C15H22N2O2/c1-14(2,3)11-4-6-12(7-5-11)17-13(18)8-15(16)9-19-10-15/h4-7H,8-10,16H2,1-3H3,(H,17,18). The van der Waals surface area contributed by atoms with Gasteiger partial charge >= 0.3 is 0 Å². The van der Waals surface area contributed by atoms with E-state index in [-0.39, 0.29) is 11.3 Å². The highest BCUT2D eigenvalue weighted by atomic mass is 16.5. The molecule has 0 spiro atoms. The maximum atomic E-state index is 11.9. The van der Waals surface area contributed by atoms with Crippen molar-refractivity contribution in [3.05, 3.63) is 29.8 Å². The van der Waals surface area contributed by atoms with Gasteiger partial charge < -0.3 is 15.8 Å². The average Bonchev–Trinajstić information content (AvgIpc) is 2.26. The Morgan fingerprint density at radius 2 is 1.89 bits per heavy atom. The smallest absolute Gasteiger partial charge is 0.226 e. The molecule has 4 heteroatoms. The zero-order valence-corrected chi connectivity index (χ0v) is 11.8. The summed E-state index contributed by atoms with van der Waals surface area (Å²) in [6, 6.07) is 7.94. The molecule has 1 fully saturated rings. The minimum absolute atomic E-state index is 0.0608. The predicted molar refractivity (Wildman–Crippen MR) is 76.1 cm³/mol. The van der Waals surface area contributed by atoms with Gasteiger partial charge in [0.25, 0.3) is 0 Å². The molecule has 4 nitrogen and oxygen atoms in total. The van der Waals surface area contributed by atoms with Gasteiger partial charge in [0.05, 0.1) is 18.8 Å². The van der Waals surface area contributed by atoms with Crippen LogP contribution in [0.5, 0.6) is 0 Å². The van der Waals surface area contributed by atoms with E-state index in [0.29, 0.717) is 19.6 Å². The van der Waals surface area contributed by atoms with E-state index in [9.17, 15) is 4.79 Å². The highest BCUT2D eigenvalue weighted by molar-refractivity contribution is 5.91. The van der Waals surface area contributed by atoms with Crippen molar-refractivity contribution in [1.82, 2.24) is 0 Å². The predicted octanol–water partition coefficient (Wildman–Crippen LogP) is 2.04. The Balaban J connectivity index is 1.94. The first-order chi connectivity index (χ1) is 8.78. The van der Waals surface area contributed by atoms with Crippen LogP contribution in [0.2, 0.25) is 0 Å². The molecule has 0 atom stereocenters. The Morgan fingerprint density at radius 1 is 1.32 bits per heavy atom. The molecule has 104 valence electrons. The molecule has 1 heterocycles. The maximum absolute atomic E-state index is 11.9. The van der Waals surface area contributed by atoms with Gasteiger partial charge in [-0.05, 0) is 23.1 Å². The minimum atomic E-state index is -0.477. The van der Waals surface area contributed by atoms with Crippen LogP contribution in [-0.4, -0.2) is 24.7 Å². The second kappa shape index (κ2) is 4.94. The van der Waals surface area contributed by atoms with Crippen molar-refractivity contribution >= 4 is 11.6 Å². The molecular formula is C15H22N2O2. The van der Waals surface area contributed by atoms with Gasteiger partial charge in [-0.1, -0.05) is 32.9 Å². The molecule has 19 heavy (non-hydrogen) atoms. The molecule has 0 radical (unpaired) electrons. The first kappa shape index (κ1) is 14.0. The second-order valence-electron chi connectivity index (χ2n) is 6.41. The molecule has 2 rings (SSSR count). The molecule has 0 aromatic heterocycles. The summed E-state index contributed by atoms with van der Waals surface area (Å²) in [7, 11) is 0. The van der Waals surface area contributed by atoms with Gasteiger partial charge in [-0.25, -0.2) is 0 Å². The number of hydrogen-bond acceptors (Lipinski definition) is 3. The van der Waals surface area contributed by atoms with Crippen molar-refractivity contribution in [2.45, 2.75) is 38.1 Å². The fourth-order valence-electron chi connectivity index (χ4n) is 2.04. The van der Waals surface area contributed by atoms with Gasteiger partial charge in [-0.15, -0.1) is 0 Å². The minimum Gasteiger partial charge on any atom is -0.377 e. The van der Waals surface area contributed by atoms with Crippen molar-refractivity contribution < 1.29 is 9.53 Å². The maximum Gasteiger partial charge on any atom is 0.226 e. The Kier molecular flexibility index (Phi) is 3.65. The SMILES string of the molecule is CC(C)(C)c1ccc(NC(=O)CC2(N)COC2)cc1. The largest absolute Gasteiger partial charge is 0.377 e. The molecule has 0 aliphatic carbocycles. The van der Waals surface area contributed by atoms with E-state index in [1.54, 1.807) is 0 Å². The molecule has 1 aliphatic rings. The molecule has 0 unspecified atom stereocenters. The lowest BCUT2D eigenvalue weighted by molar-refractivity contribution is -0.123. The number of ether oxygens (including phenoxy) is 1. The summed E-state index contributed by atoms with van der Waals surface area (Å²) in [6.07, 6.45) is 0.300. The molecule has 1 aliphatic heterocycles. The van der Waals surface area contributed by atoms with Crippen LogP contribution in [-0.2, 0) is 14.9 Å². The van der Waals surface area contributed by atoms with Crippen LogP contribution in [0.25, 0.3) is 0 Å². The molecule has 0 saturated carbocycles. The number of anilines is 1. The first-order valence-electron chi connectivity index (χ1n) is 6.56. The van der Waals surface area contributed by atoms with Crippen molar-refractivity contribution in [1.29, 1.82) is 0 Å². The van der Waals surface area contributed by atoms with Crippen LogP contribution in [0.15, 0.2) is 24.3 Å². The monoisotopic (exact) mass is 262 g/mol.